The van der Waals surface area contributed by atoms with Gasteiger partial charge in [-0.25, -0.2) is 8.42 Å². The molecule has 0 spiro atoms. The van der Waals surface area contributed by atoms with Crippen LogP contribution in [0.5, 0.6) is 0 Å². The minimum Gasteiger partial charge on any atom is -0.314 e. The quantitative estimate of drug-likeness (QED) is 0.780. The predicted octanol–water partition coefficient (Wildman–Crippen LogP) is 1.98. The Bertz CT molecular complexity index is 303. The Morgan fingerprint density at radius 3 is 2.25 bits per heavy atom. The molecule has 4 heteroatoms. The minimum absolute atomic E-state index is 0.243. The van der Waals surface area contributed by atoms with E-state index >= 15 is 0 Å². The summed E-state index contributed by atoms with van der Waals surface area (Å²) in [6.07, 6.45) is 7.04. The first-order chi connectivity index (χ1) is 7.33. The molecule has 0 bridgehead atoms. The van der Waals surface area contributed by atoms with Crippen molar-refractivity contribution in [3.05, 3.63) is 0 Å². The van der Waals surface area contributed by atoms with E-state index in [1.807, 2.05) is 0 Å². The van der Waals surface area contributed by atoms with Gasteiger partial charge in [-0.3, -0.25) is 0 Å². The topological polar surface area (TPSA) is 46.2 Å². The van der Waals surface area contributed by atoms with E-state index in [2.05, 4.69) is 19.2 Å². The van der Waals surface area contributed by atoms with Crippen molar-refractivity contribution in [3.63, 3.8) is 0 Å². The summed E-state index contributed by atoms with van der Waals surface area (Å²) >= 11 is 0. The molecule has 1 saturated carbocycles. The summed E-state index contributed by atoms with van der Waals surface area (Å²) in [5.74, 6) is 0.340. The van der Waals surface area contributed by atoms with Crippen molar-refractivity contribution in [2.24, 2.45) is 5.41 Å². The summed E-state index contributed by atoms with van der Waals surface area (Å²) in [6.45, 7) is 5.25. The second-order valence-corrected chi connectivity index (χ2v) is 7.88. The Morgan fingerprint density at radius 2 is 1.81 bits per heavy atom. The lowest BCUT2D eigenvalue weighted by atomic mass is 9.83. The molecule has 0 heterocycles. The molecule has 0 aliphatic heterocycles. The number of hydrogen-bond acceptors (Lipinski definition) is 3. The van der Waals surface area contributed by atoms with Gasteiger partial charge in [-0.05, 0) is 24.7 Å². The summed E-state index contributed by atoms with van der Waals surface area (Å²) in [4.78, 5) is 0. The van der Waals surface area contributed by atoms with E-state index in [0.717, 1.165) is 13.0 Å². The molecule has 0 unspecified atom stereocenters. The van der Waals surface area contributed by atoms with Gasteiger partial charge in [-0.15, -0.1) is 0 Å². The highest BCUT2D eigenvalue weighted by molar-refractivity contribution is 7.90. The molecule has 0 saturated heterocycles. The molecule has 0 aromatic rings. The maximum atomic E-state index is 11.2. The first kappa shape index (κ1) is 14.0. The Hall–Kier alpha value is -0.0900. The second-order valence-electron chi connectivity index (χ2n) is 5.62. The molecule has 1 aliphatic carbocycles. The first-order valence-electron chi connectivity index (χ1n) is 6.24. The summed E-state index contributed by atoms with van der Waals surface area (Å²) in [6, 6.07) is 0.482. The van der Waals surface area contributed by atoms with Gasteiger partial charge >= 0.3 is 0 Å². The van der Waals surface area contributed by atoms with Crippen molar-refractivity contribution in [3.8, 4) is 0 Å². The van der Waals surface area contributed by atoms with Gasteiger partial charge in [0.05, 0.1) is 5.75 Å². The minimum atomic E-state index is -2.82. The van der Waals surface area contributed by atoms with Crippen molar-refractivity contribution in [1.82, 2.24) is 5.32 Å². The van der Waals surface area contributed by atoms with E-state index in [1.54, 1.807) is 0 Å². The van der Waals surface area contributed by atoms with E-state index in [-0.39, 0.29) is 5.41 Å². The maximum absolute atomic E-state index is 11.2. The lowest BCUT2D eigenvalue weighted by molar-refractivity contribution is 0.262. The predicted molar refractivity (Wildman–Crippen MR) is 68.4 cm³/mol. The lowest BCUT2D eigenvalue weighted by Gasteiger charge is -2.30. The number of hydrogen-bond donors (Lipinski definition) is 1. The SMILES string of the molecule is CC(C)NCC1(CCS(C)(=O)=O)CCCC1. The van der Waals surface area contributed by atoms with Crippen LogP contribution in [-0.4, -0.2) is 33.0 Å². The zero-order chi connectivity index (χ0) is 12.2. The van der Waals surface area contributed by atoms with E-state index < -0.39 is 9.84 Å². The molecule has 0 amide bonds. The van der Waals surface area contributed by atoms with E-state index in [1.165, 1.54) is 31.9 Å². The van der Waals surface area contributed by atoms with Gasteiger partial charge in [0, 0.05) is 18.8 Å². The fraction of sp³-hybridized carbons (Fsp3) is 1.00. The fourth-order valence-corrected chi connectivity index (χ4v) is 3.27. The Morgan fingerprint density at radius 1 is 1.25 bits per heavy atom. The van der Waals surface area contributed by atoms with Crippen LogP contribution in [0.3, 0.4) is 0 Å². The number of sulfone groups is 1. The molecule has 0 atom stereocenters. The third-order valence-electron chi connectivity index (χ3n) is 3.55. The van der Waals surface area contributed by atoms with Gasteiger partial charge in [0.25, 0.3) is 0 Å². The highest BCUT2D eigenvalue weighted by Crippen LogP contribution is 2.40. The number of nitrogens with one attached hydrogen (secondary N) is 1. The lowest BCUT2D eigenvalue weighted by Crippen LogP contribution is -2.37. The molecular formula is C12H25NO2S. The molecule has 1 N–H and O–H groups in total. The molecule has 0 aromatic carbocycles. The van der Waals surface area contributed by atoms with Crippen LogP contribution in [0.1, 0.15) is 46.0 Å². The zero-order valence-electron chi connectivity index (χ0n) is 10.8. The van der Waals surface area contributed by atoms with Gasteiger partial charge in [-0.1, -0.05) is 26.7 Å². The van der Waals surface area contributed by atoms with Crippen molar-refractivity contribution in [2.45, 2.75) is 52.0 Å². The average molecular weight is 247 g/mol. The number of rotatable bonds is 6. The molecule has 96 valence electrons. The Balaban J connectivity index is 2.52. The van der Waals surface area contributed by atoms with Crippen LogP contribution < -0.4 is 5.32 Å². The highest BCUT2D eigenvalue weighted by atomic mass is 32.2. The van der Waals surface area contributed by atoms with E-state index in [4.69, 9.17) is 0 Å². The standard InChI is InChI=1S/C12H25NO2S/c1-11(2)13-10-12(6-4-5-7-12)8-9-16(3,14)15/h11,13H,4-10H2,1-3H3. The van der Waals surface area contributed by atoms with Crippen LogP contribution in [0.25, 0.3) is 0 Å². The van der Waals surface area contributed by atoms with Crippen molar-refractivity contribution >= 4 is 9.84 Å². The Kier molecular flexibility index (Phi) is 4.80. The molecule has 16 heavy (non-hydrogen) atoms. The normalized spacial score (nSPS) is 20.5. The second kappa shape index (κ2) is 5.50. The molecule has 0 aromatic heterocycles. The van der Waals surface area contributed by atoms with Crippen LogP contribution in [0, 0.1) is 5.41 Å². The summed E-state index contributed by atoms with van der Waals surface area (Å²) < 4.78 is 22.5. The van der Waals surface area contributed by atoms with Crippen LogP contribution >= 0.6 is 0 Å². The smallest absolute Gasteiger partial charge is 0.147 e. The third kappa shape index (κ3) is 4.83. The summed E-state index contributed by atoms with van der Waals surface area (Å²) in [5, 5.41) is 3.47. The molecule has 0 radical (unpaired) electrons. The van der Waals surface area contributed by atoms with Gasteiger partial charge < -0.3 is 5.32 Å². The third-order valence-corrected chi connectivity index (χ3v) is 4.50. The first-order valence-corrected chi connectivity index (χ1v) is 8.30. The van der Waals surface area contributed by atoms with E-state index in [9.17, 15) is 8.42 Å². The monoisotopic (exact) mass is 247 g/mol. The molecule has 1 fully saturated rings. The molecule has 1 aliphatic rings. The van der Waals surface area contributed by atoms with Crippen LogP contribution in [0.15, 0.2) is 0 Å². The fourth-order valence-electron chi connectivity index (χ4n) is 2.46. The summed E-state index contributed by atoms with van der Waals surface area (Å²) in [5.41, 5.74) is 0.243. The van der Waals surface area contributed by atoms with Crippen LogP contribution in [0.2, 0.25) is 0 Å². The maximum Gasteiger partial charge on any atom is 0.147 e. The van der Waals surface area contributed by atoms with Crippen molar-refractivity contribution in [2.75, 3.05) is 18.6 Å². The zero-order valence-corrected chi connectivity index (χ0v) is 11.6. The molecular weight excluding hydrogens is 222 g/mol. The van der Waals surface area contributed by atoms with Crippen molar-refractivity contribution in [1.29, 1.82) is 0 Å². The van der Waals surface area contributed by atoms with Gasteiger partial charge in [0.15, 0.2) is 0 Å². The van der Waals surface area contributed by atoms with E-state index in [0.29, 0.717) is 11.8 Å². The van der Waals surface area contributed by atoms with Crippen LogP contribution in [-0.2, 0) is 9.84 Å². The van der Waals surface area contributed by atoms with Gasteiger partial charge in [-0.2, -0.15) is 0 Å². The Labute approximate surface area is 99.9 Å². The van der Waals surface area contributed by atoms with Gasteiger partial charge in [0.1, 0.15) is 9.84 Å². The molecule has 3 nitrogen and oxygen atoms in total. The summed E-state index contributed by atoms with van der Waals surface area (Å²) in [7, 11) is -2.82. The largest absolute Gasteiger partial charge is 0.314 e. The highest BCUT2D eigenvalue weighted by Gasteiger charge is 2.34. The van der Waals surface area contributed by atoms with Gasteiger partial charge in [0.2, 0.25) is 0 Å². The van der Waals surface area contributed by atoms with Crippen LogP contribution in [0.4, 0.5) is 0 Å². The molecule has 1 rings (SSSR count). The average Bonchev–Trinajstić information content (AvgIpc) is 2.60. The van der Waals surface area contributed by atoms with Crippen molar-refractivity contribution < 1.29 is 8.42 Å².